The Morgan fingerprint density at radius 2 is 2.05 bits per heavy atom. The molecule has 1 aromatic heterocycles. The molecule has 0 bridgehead atoms. The first-order valence-corrected chi connectivity index (χ1v) is 6.21. The minimum Gasteiger partial charge on any atom is -0.383 e. The average Bonchev–Trinajstić information content (AvgIpc) is 2.69. The standard InChI is InChI=1S/C14H17N5/c1-3-17-14-12(8-15)13(16)19(18-14)9-11-6-4-10(2)5-7-11/h4-7H,3,9,16H2,1-2H3,(H,17,18). The maximum absolute atomic E-state index is 9.12. The summed E-state index contributed by atoms with van der Waals surface area (Å²) in [5, 5.41) is 16.5. The van der Waals surface area contributed by atoms with Gasteiger partial charge in [-0.1, -0.05) is 29.8 Å². The molecule has 0 saturated heterocycles. The zero-order valence-electron chi connectivity index (χ0n) is 11.1. The Balaban J connectivity index is 2.30. The third kappa shape index (κ3) is 2.68. The monoisotopic (exact) mass is 255 g/mol. The van der Waals surface area contributed by atoms with Crippen LogP contribution in [-0.4, -0.2) is 16.3 Å². The van der Waals surface area contributed by atoms with Gasteiger partial charge in [-0.3, -0.25) is 0 Å². The van der Waals surface area contributed by atoms with E-state index in [2.05, 4.69) is 16.5 Å². The Morgan fingerprint density at radius 1 is 1.37 bits per heavy atom. The van der Waals surface area contributed by atoms with E-state index in [1.165, 1.54) is 5.56 Å². The fourth-order valence-electron chi connectivity index (χ4n) is 1.86. The summed E-state index contributed by atoms with van der Waals surface area (Å²) in [5.41, 5.74) is 8.69. The molecule has 0 aliphatic carbocycles. The Hall–Kier alpha value is -2.48. The highest BCUT2D eigenvalue weighted by atomic mass is 15.3. The Labute approximate surface area is 112 Å². The maximum atomic E-state index is 9.12. The van der Waals surface area contributed by atoms with E-state index < -0.39 is 0 Å². The second-order valence-corrected chi connectivity index (χ2v) is 4.39. The van der Waals surface area contributed by atoms with Crippen molar-refractivity contribution in [1.82, 2.24) is 9.78 Å². The van der Waals surface area contributed by atoms with Gasteiger partial charge in [0.25, 0.3) is 0 Å². The summed E-state index contributed by atoms with van der Waals surface area (Å²) in [6.45, 7) is 5.27. The predicted octanol–water partition coefficient (Wildman–Crippen LogP) is 2.13. The van der Waals surface area contributed by atoms with E-state index in [0.29, 0.717) is 30.3 Å². The molecule has 0 spiro atoms. The van der Waals surface area contributed by atoms with Crippen molar-refractivity contribution in [1.29, 1.82) is 5.26 Å². The summed E-state index contributed by atoms with van der Waals surface area (Å²) in [6, 6.07) is 10.3. The second kappa shape index (κ2) is 5.44. The number of nitriles is 1. The molecule has 98 valence electrons. The minimum absolute atomic E-state index is 0.402. The van der Waals surface area contributed by atoms with Gasteiger partial charge >= 0.3 is 0 Å². The molecule has 0 unspecified atom stereocenters. The van der Waals surface area contributed by atoms with Gasteiger partial charge in [0, 0.05) is 6.54 Å². The van der Waals surface area contributed by atoms with E-state index >= 15 is 0 Å². The highest BCUT2D eigenvalue weighted by molar-refractivity contribution is 5.63. The molecule has 2 aromatic rings. The molecule has 5 nitrogen and oxygen atoms in total. The summed E-state index contributed by atoms with van der Waals surface area (Å²) in [7, 11) is 0. The molecule has 0 fully saturated rings. The van der Waals surface area contributed by atoms with Crippen molar-refractivity contribution in [3.63, 3.8) is 0 Å². The number of aryl methyl sites for hydroxylation is 1. The summed E-state index contributed by atoms with van der Waals surface area (Å²) in [5.74, 6) is 0.952. The van der Waals surface area contributed by atoms with Crippen molar-refractivity contribution < 1.29 is 0 Å². The molecule has 2 rings (SSSR count). The van der Waals surface area contributed by atoms with Gasteiger partial charge in [0.2, 0.25) is 0 Å². The molecule has 0 aliphatic heterocycles. The Bertz CT molecular complexity index is 604. The summed E-state index contributed by atoms with van der Waals surface area (Å²) in [4.78, 5) is 0. The van der Waals surface area contributed by atoms with Crippen LogP contribution in [0.15, 0.2) is 24.3 Å². The third-order valence-electron chi connectivity index (χ3n) is 2.90. The van der Waals surface area contributed by atoms with Crippen molar-refractivity contribution in [2.24, 2.45) is 0 Å². The topological polar surface area (TPSA) is 79.7 Å². The Morgan fingerprint density at radius 3 is 2.63 bits per heavy atom. The van der Waals surface area contributed by atoms with Crippen LogP contribution in [0.1, 0.15) is 23.6 Å². The van der Waals surface area contributed by atoms with Crippen LogP contribution in [0.25, 0.3) is 0 Å². The number of nitrogens with zero attached hydrogens (tertiary/aromatic N) is 3. The van der Waals surface area contributed by atoms with Gasteiger partial charge in [-0.05, 0) is 19.4 Å². The zero-order valence-corrected chi connectivity index (χ0v) is 11.1. The lowest BCUT2D eigenvalue weighted by Crippen LogP contribution is -2.06. The van der Waals surface area contributed by atoms with Crippen molar-refractivity contribution in [3.05, 3.63) is 41.0 Å². The van der Waals surface area contributed by atoms with Crippen LogP contribution in [-0.2, 0) is 6.54 Å². The van der Waals surface area contributed by atoms with Gasteiger partial charge in [-0.15, -0.1) is 0 Å². The van der Waals surface area contributed by atoms with Gasteiger partial charge in [-0.2, -0.15) is 10.4 Å². The van der Waals surface area contributed by atoms with Crippen LogP contribution in [0.2, 0.25) is 0 Å². The first-order valence-electron chi connectivity index (χ1n) is 6.21. The smallest absolute Gasteiger partial charge is 0.168 e. The van der Waals surface area contributed by atoms with Crippen molar-refractivity contribution >= 4 is 11.6 Å². The molecular formula is C14H17N5. The van der Waals surface area contributed by atoms with Crippen LogP contribution in [0.4, 0.5) is 11.6 Å². The number of benzene rings is 1. The third-order valence-corrected chi connectivity index (χ3v) is 2.90. The maximum Gasteiger partial charge on any atom is 0.168 e. The number of anilines is 2. The van der Waals surface area contributed by atoms with Crippen LogP contribution < -0.4 is 11.1 Å². The van der Waals surface area contributed by atoms with Crippen molar-refractivity contribution in [2.45, 2.75) is 20.4 Å². The summed E-state index contributed by atoms with van der Waals surface area (Å²) in [6.07, 6.45) is 0. The Kier molecular flexibility index (Phi) is 3.71. The second-order valence-electron chi connectivity index (χ2n) is 4.39. The molecule has 5 heteroatoms. The molecule has 0 atom stereocenters. The lowest BCUT2D eigenvalue weighted by Gasteiger charge is -2.04. The van der Waals surface area contributed by atoms with Gasteiger partial charge < -0.3 is 11.1 Å². The van der Waals surface area contributed by atoms with Crippen LogP contribution in [0.3, 0.4) is 0 Å². The van der Waals surface area contributed by atoms with Gasteiger partial charge in [-0.25, -0.2) is 4.68 Å². The SMILES string of the molecule is CCNc1nn(Cc2ccc(C)cc2)c(N)c1C#N. The number of rotatable bonds is 4. The van der Waals surface area contributed by atoms with E-state index in [4.69, 9.17) is 11.0 Å². The molecule has 3 N–H and O–H groups in total. The molecule has 0 aliphatic rings. The van der Waals surface area contributed by atoms with E-state index in [1.54, 1.807) is 4.68 Å². The lowest BCUT2D eigenvalue weighted by atomic mass is 10.1. The highest BCUT2D eigenvalue weighted by Gasteiger charge is 2.14. The molecule has 0 saturated carbocycles. The molecule has 0 amide bonds. The molecule has 1 heterocycles. The minimum atomic E-state index is 0.402. The van der Waals surface area contributed by atoms with E-state index in [9.17, 15) is 0 Å². The lowest BCUT2D eigenvalue weighted by molar-refractivity contribution is 0.698. The fourth-order valence-corrected chi connectivity index (χ4v) is 1.86. The quantitative estimate of drug-likeness (QED) is 0.877. The fraction of sp³-hybridized carbons (Fsp3) is 0.286. The van der Waals surface area contributed by atoms with Crippen LogP contribution >= 0.6 is 0 Å². The number of nitrogens with one attached hydrogen (secondary N) is 1. The molecule has 1 aromatic carbocycles. The van der Waals surface area contributed by atoms with Crippen molar-refractivity contribution in [2.75, 3.05) is 17.6 Å². The predicted molar refractivity (Wildman–Crippen MR) is 75.8 cm³/mol. The molecule has 19 heavy (non-hydrogen) atoms. The number of nitrogen functional groups attached to an aromatic ring is 1. The first kappa shape index (κ1) is 13.0. The number of hydrogen-bond acceptors (Lipinski definition) is 4. The van der Waals surface area contributed by atoms with Gasteiger partial charge in [0.05, 0.1) is 6.54 Å². The molecule has 0 radical (unpaired) electrons. The van der Waals surface area contributed by atoms with Crippen LogP contribution in [0, 0.1) is 18.3 Å². The number of nitrogens with two attached hydrogens (primary N) is 1. The van der Waals surface area contributed by atoms with E-state index in [-0.39, 0.29) is 0 Å². The summed E-state index contributed by atoms with van der Waals surface area (Å²) < 4.78 is 1.65. The normalized spacial score (nSPS) is 10.2. The van der Waals surface area contributed by atoms with Crippen molar-refractivity contribution in [3.8, 4) is 6.07 Å². The zero-order chi connectivity index (χ0) is 13.8. The average molecular weight is 255 g/mol. The summed E-state index contributed by atoms with van der Waals surface area (Å²) >= 11 is 0. The largest absolute Gasteiger partial charge is 0.383 e. The van der Waals surface area contributed by atoms with Crippen LogP contribution in [0.5, 0.6) is 0 Å². The number of hydrogen-bond donors (Lipinski definition) is 2. The van der Waals surface area contributed by atoms with Gasteiger partial charge in [0.1, 0.15) is 17.5 Å². The van der Waals surface area contributed by atoms with Gasteiger partial charge in [0.15, 0.2) is 5.82 Å². The van der Waals surface area contributed by atoms with E-state index in [1.807, 2.05) is 38.1 Å². The number of aromatic nitrogens is 2. The molecular weight excluding hydrogens is 238 g/mol. The van der Waals surface area contributed by atoms with E-state index in [0.717, 1.165) is 5.56 Å². The highest BCUT2D eigenvalue weighted by Crippen LogP contribution is 2.21. The first-order chi connectivity index (χ1) is 9.15.